The molecule has 1 rings (SSSR count). The van der Waals surface area contributed by atoms with Gasteiger partial charge < -0.3 is 10.2 Å². The topological polar surface area (TPSA) is 44.8 Å². The number of rotatable bonds is 0. The van der Waals surface area contributed by atoms with Crippen LogP contribution in [0.2, 0.25) is 0 Å². The predicted molar refractivity (Wildman–Crippen MR) is 54.7 cm³/mol. The SMILES string of the molecule is [C-]#[N+]c1ccc(O)c(O)c1C(C)(C)C. The Kier molecular flexibility index (Phi) is 2.39. The highest BCUT2D eigenvalue weighted by Gasteiger charge is 2.23. The summed E-state index contributed by atoms with van der Waals surface area (Å²) in [4.78, 5) is 3.32. The standard InChI is InChI=1S/C11H13NO2/c1-11(2,3)9-7(12-4)5-6-8(13)10(9)14/h5-6,13-14H,1-3H3. The Morgan fingerprint density at radius 2 is 1.79 bits per heavy atom. The molecule has 0 atom stereocenters. The Morgan fingerprint density at radius 3 is 2.21 bits per heavy atom. The Morgan fingerprint density at radius 1 is 1.21 bits per heavy atom. The zero-order valence-corrected chi connectivity index (χ0v) is 8.50. The van der Waals surface area contributed by atoms with Crippen LogP contribution in [0.25, 0.3) is 4.85 Å². The number of hydrogen-bond acceptors (Lipinski definition) is 2. The summed E-state index contributed by atoms with van der Waals surface area (Å²) >= 11 is 0. The van der Waals surface area contributed by atoms with Gasteiger partial charge in [-0.15, -0.1) is 0 Å². The summed E-state index contributed by atoms with van der Waals surface area (Å²) in [5.41, 5.74) is 0.517. The van der Waals surface area contributed by atoms with Gasteiger partial charge in [0.05, 0.1) is 6.57 Å². The summed E-state index contributed by atoms with van der Waals surface area (Å²) in [7, 11) is 0. The Hall–Kier alpha value is -1.69. The summed E-state index contributed by atoms with van der Waals surface area (Å²) in [6.07, 6.45) is 0. The van der Waals surface area contributed by atoms with Crippen molar-refractivity contribution < 1.29 is 10.2 Å². The molecule has 0 aliphatic heterocycles. The number of benzene rings is 1. The van der Waals surface area contributed by atoms with Gasteiger partial charge in [0, 0.05) is 5.56 Å². The average Bonchev–Trinajstić information content (AvgIpc) is 2.07. The molecule has 0 saturated heterocycles. The number of hydrogen-bond donors (Lipinski definition) is 2. The molecule has 3 heteroatoms. The van der Waals surface area contributed by atoms with Gasteiger partial charge in [-0.25, -0.2) is 4.85 Å². The maximum atomic E-state index is 9.65. The molecular weight excluding hydrogens is 178 g/mol. The Bertz CT molecular complexity index is 397. The molecule has 1 aromatic rings. The molecule has 0 saturated carbocycles. The van der Waals surface area contributed by atoms with Gasteiger partial charge in [0.2, 0.25) is 0 Å². The van der Waals surface area contributed by atoms with E-state index < -0.39 is 0 Å². The van der Waals surface area contributed by atoms with E-state index in [4.69, 9.17) is 6.57 Å². The van der Waals surface area contributed by atoms with E-state index in [1.165, 1.54) is 12.1 Å². The van der Waals surface area contributed by atoms with Crippen molar-refractivity contribution in [2.24, 2.45) is 0 Å². The first-order chi connectivity index (χ1) is 6.38. The van der Waals surface area contributed by atoms with E-state index in [2.05, 4.69) is 4.85 Å². The fourth-order valence-electron chi connectivity index (χ4n) is 1.40. The lowest BCUT2D eigenvalue weighted by molar-refractivity contribution is 0.390. The van der Waals surface area contributed by atoms with Crippen molar-refractivity contribution in [1.29, 1.82) is 0 Å². The highest BCUT2D eigenvalue weighted by atomic mass is 16.3. The van der Waals surface area contributed by atoms with Crippen molar-refractivity contribution >= 4 is 5.69 Å². The minimum Gasteiger partial charge on any atom is -0.505 e. The van der Waals surface area contributed by atoms with E-state index in [1.807, 2.05) is 20.8 Å². The van der Waals surface area contributed by atoms with Gasteiger partial charge in [0.15, 0.2) is 17.2 Å². The second-order valence-electron chi connectivity index (χ2n) is 4.19. The third-order valence-corrected chi connectivity index (χ3v) is 2.01. The zero-order valence-electron chi connectivity index (χ0n) is 8.50. The maximum absolute atomic E-state index is 9.65. The number of nitrogens with zero attached hydrogens (tertiary/aromatic N) is 1. The molecule has 0 radical (unpaired) electrons. The first kappa shape index (κ1) is 10.4. The van der Waals surface area contributed by atoms with Crippen molar-refractivity contribution in [3.63, 3.8) is 0 Å². The first-order valence-corrected chi connectivity index (χ1v) is 4.31. The van der Waals surface area contributed by atoms with Crippen molar-refractivity contribution in [2.75, 3.05) is 0 Å². The number of phenolic OH excluding ortho intramolecular Hbond substituents is 2. The van der Waals surface area contributed by atoms with E-state index in [0.29, 0.717) is 11.3 Å². The third-order valence-electron chi connectivity index (χ3n) is 2.01. The molecule has 3 nitrogen and oxygen atoms in total. The third kappa shape index (κ3) is 1.64. The van der Waals surface area contributed by atoms with Crippen molar-refractivity contribution in [1.82, 2.24) is 0 Å². The van der Waals surface area contributed by atoms with Crippen LogP contribution < -0.4 is 0 Å². The predicted octanol–water partition coefficient (Wildman–Crippen LogP) is 2.95. The van der Waals surface area contributed by atoms with Gasteiger partial charge in [-0.05, 0) is 11.5 Å². The van der Waals surface area contributed by atoms with E-state index in [-0.39, 0.29) is 16.9 Å². The summed E-state index contributed by atoms with van der Waals surface area (Å²) < 4.78 is 0. The fourth-order valence-corrected chi connectivity index (χ4v) is 1.40. The average molecular weight is 191 g/mol. The molecule has 2 N–H and O–H groups in total. The number of aromatic hydroxyl groups is 2. The molecule has 0 aliphatic carbocycles. The van der Waals surface area contributed by atoms with E-state index in [1.54, 1.807) is 0 Å². The van der Waals surface area contributed by atoms with Gasteiger partial charge in [-0.3, -0.25) is 0 Å². The maximum Gasteiger partial charge on any atom is 0.194 e. The van der Waals surface area contributed by atoms with Crippen LogP contribution in [0.5, 0.6) is 11.5 Å². The van der Waals surface area contributed by atoms with Crippen LogP contribution in [0.3, 0.4) is 0 Å². The first-order valence-electron chi connectivity index (χ1n) is 4.31. The van der Waals surface area contributed by atoms with Gasteiger partial charge in [0.1, 0.15) is 0 Å². The normalized spacial score (nSPS) is 11.0. The van der Waals surface area contributed by atoms with E-state index in [9.17, 15) is 10.2 Å². The van der Waals surface area contributed by atoms with Gasteiger partial charge >= 0.3 is 0 Å². The molecule has 0 aliphatic rings. The Balaban J connectivity index is 3.54. The second-order valence-corrected chi connectivity index (χ2v) is 4.19. The molecule has 0 heterocycles. The summed E-state index contributed by atoms with van der Waals surface area (Å²) in [6, 6.07) is 2.85. The quantitative estimate of drug-likeness (QED) is 0.489. The van der Waals surface area contributed by atoms with Crippen molar-refractivity contribution in [3.8, 4) is 11.5 Å². The van der Waals surface area contributed by atoms with E-state index >= 15 is 0 Å². The molecule has 1 aromatic carbocycles. The second kappa shape index (κ2) is 3.22. The van der Waals surface area contributed by atoms with Crippen LogP contribution in [0, 0.1) is 6.57 Å². The molecule has 74 valence electrons. The van der Waals surface area contributed by atoms with Gasteiger partial charge in [0.25, 0.3) is 0 Å². The molecule has 0 spiro atoms. The molecule has 0 bridgehead atoms. The van der Waals surface area contributed by atoms with Crippen LogP contribution in [0.1, 0.15) is 26.3 Å². The fraction of sp³-hybridized carbons (Fsp3) is 0.364. The highest BCUT2D eigenvalue weighted by molar-refractivity contribution is 5.65. The van der Waals surface area contributed by atoms with Crippen LogP contribution in [-0.4, -0.2) is 10.2 Å². The molecule has 0 unspecified atom stereocenters. The molecule has 0 amide bonds. The van der Waals surface area contributed by atoms with Crippen molar-refractivity contribution in [3.05, 3.63) is 29.1 Å². The lowest BCUT2D eigenvalue weighted by Crippen LogP contribution is -2.11. The van der Waals surface area contributed by atoms with Crippen LogP contribution in [0.15, 0.2) is 12.1 Å². The Labute approximate surface area is 83.4 Å². The summed E-state index contributed by atoms with van der Waals surface area (Å²) in [6.45, 7) is 12.6. The van der Waals surface area contributed by atoms with E-state index in [0.717, 1.165) is 0 Å². The van der Waals surface area contributed by atoms with Crippen LogP contribution >= 0.6 is 0 Å². The minimum atomic E-state index is -0.358. The lowest BCUT2D eigenvalue weighted by Gasteiger charge is -2.22. The molecule has 0 fully saturated rings. The zero-order chi connectivity index (χ0) is 10.9. The van der Waals surface area contributed by atoms with Gasteiger partial charge in [-0.2, -0.15) is 0 Å². The van der Waals surface area contributed by atoms with Gasteiger partial charge in [-0.1, -0.05) is 26.8 Å². The smallest absolute Gasteiger partial charge is 0.194 e. The molecule has 14 heavy (non-hydrogen) atoms. The lowest BCUT2D eigenvalue weighted by atomic mass is 9.85. The monoisotopic (exact) mass is 191 g/mol. The van der Waals surface area contributed by atoms with Crippen LogP contribution in [0.4, 0.5) is 5.69 Å². The summed E-state index contributed by atoms with van der Waals surface area (Å²) in [5, 5.41) is 19.0. The molecular formula is C11H13NO2. The molecule has 0 aromatic heterocycles. The van der Waals surface area contributed by atoms with Crippen LogP contribution in [-0.2, 0) is 5.41 Å². The largest absolute Gasteiger partial charge is 0.505 e. The minimum absolute atomic E-state index is 0.178. The summed E-state index contributed by atoms with van der Waals surface area (Å²) in [5.74, 6) is -0.367. The number of phenols is 2. The highest BCUT2D eigenvalue weighted by Crippen LogP contribution is 2.43. The van der Waals surface area contributed by atoms with Crippen molar-refractivity contribution in [2.45, 2.75) is 26.2 Å².